The molecule has 0 spiro atoms. The molecule has 1 saturated heterocycles. The zero-order valence-electron chi connectivity index (χ0n) is 17.0. The second kappa shape index (κ2) is 15.5. The summed E-state index contributed by atoms with van der Waals surface area (Å²) >= 11 is 1.91. The van der Waals surface area contributed by atoms with Crippen LogP contribution in [-0.2, 0) is 13.1 Å². The average molecular weight is 505 g/mol. The van der Waals surface area contributed by atoms with Crippen molar-refractivity contribution in [1.29, 1.82) is 0 Å². The molecule has 4 nitrogen and oxygen atoms in total. The van der Waals surface area contributed by atoms with Gasteiger partial charge in [0.2, 0.25) is 0 Å². The highest BCUT2D eigenvalue weighted by molar-refractivity contribution is 14.0. The van der Waals surface area contributed by atoms with Crippen molar-refractivity contribution in [1.82, 2.24) is 15.5 Å². The molecule has 0 atom stereocenters. The molecule has 27 heavy (non-hydrogen) atoms. The molecule has 0 aromatic heterocycles. The highest BCUT2D eigenvalue weighted by atomic mass is 127. The molecule has 1 heterocycles. The number of halogens is 1. The van der Waals surface area contributed by atoms with Crippen LogP contribution in [0.15, 0.2) is 29.3 Å². The second-order valence-corrected chi connectivity index (χ2v) is 7.96. The third-order valence-electron chi connectivity index (χ3n) is 4.71. The fourth-order valence-corrected chi connectivity index (χ4v) is 3.71. The molecule has 6 heteroatoms. The Morgan fingerprint density at radius 3 is 2.41 bits per heavy atom. The first kappa shape index (κ1) is 24.6. The van der Waals surface area contributed by atoms with E-state index in [1.54, 1.807) is 0 Å². The zero-order chi connectivity index (χ0) is 18.5. The van der Waals surface area contributed by atoms with Crippen molar-refractivity contribution in [3.63, 3.8) is 0 Å². The van der Waals surface area contributed by atoms with E-state index in [2.05, 4.69) is 53.0 Å². The van der Waals surface area contributed by atoms with Gasteiger partial charge < -0.3 is 10.6 Å². The van der Waals surface area contributed by atoms with Gasteiger partial charge in [0.1, 0.15) is 0 Å². The lowest BCUT2D eigenvalue weighted by Gasteiger charge is -2.26. The van der Waals surface area contributed by atoms with Crippen LogP contribution in [0.4, 0.5) is 0 Å². The van der Waals surface area contributed by atoms with E-state index in [1.165, 1.54) is 62.1 Å². The summed E-state index contributed by atoms with van der Waals surface area (Å²) in [6.45, 7) is 8.31. The summed E-state index contributed by atoms with van der Waals surface area (Å²) in [5, 5.41) is 6.77. The molecule has 1 fully saturated rings. The van der Waals surface area contributed by atoms with Crippen molar-refractivity contribution in [3.8, 4) is 0 Å². The minimum atomic E-state index is 0. The third-order valence-corrected chi connectivity index (χ3v) is 5.41. The summed E-state index contributed by atoms with van der Waals surface area (Å²) in [6.07, 6.45) is 8.71. The molecule has 1 aromatic carbocycles. The van der Waals surface area contributed by atoms with Crippen LogP contribution < -0.4 is 10.6 Å². The number of thioether (sulfide) groups is 1. The first-order chi connectivity index (χ1) is 12.8. The highest BCUT2D eigenvalue weighted by Crippen LogP contribution is 2.14. The summed E-state index contributed by atoms with van der Waals surface area (Å²) < 4.78 is 0. The highest BCUT2D eigenvalue weighted by Gasteiger charge is 2.10. The number of hydrogen-bond acceptors (Lipinski definition) is 3. The summed E-state index contributed by atoms with van der Waals surface area (Å²) in [5.41, 5.74) is 2.69. The number of likely N-dealkylation sites (tertiary alicyclic amines) is 1. The Morgan fingerprint density at radius 1 is 1.04 bits per heavy atom. The smallest absolute Gasteiger partial charge is 0.191 e. The zero-order valence-corrected chi connectivity index (χ0v) is 20.2. The van der Waals surface area contributed by atoms with E-state index in [9.17, 15) is 0 Å². The van der Waals surface area contributed by atoms with Gasteiger partial charge in [0.15, 0.2) is 5.96 Å². The Morgan fingerprint density at radius 2 is 1.74 bits per heavy atom. The largest absolute Gasteiger partial charge is 0.357 e. The molecule has 0 saturated carbocycles. The first-order valence-electron chi connectivity index (χ1n) is 10.1. The monoisotopic (exact) mass is 504 g/mol. The van der Waals surface area contributed by atoms with Gasteiger partial charge >= 0.3 is 0 Å². The number of rotatable bonds is 10. The number of piperidine rings is 1. The maximum atomic E-state index is 4.73. The maximum Gasteiger partial charge on any atom is 0.191 e. The van der Waals surface area contributed by atoms with Crippen molar-refractivity contribution in [3.05, 3.63) is 35.4 Å². The molecular weight excluding hydrogens is 467 g/mol. The van der Waals surface area contributed by atoms with Gasteiger partial charge in [-0.2, -0.15) is 11.8 Å². The number of nitrogens with one attached hydrogen (secondary N) is 2. The van der Waals surface area contributed by atoms with Crippen LogP contribution in [0.3, 0.4) is 0 Å². The van der Waals surface area contributed by atoms with Crippen LogP contribution in [0.25, 0.3) is 0 Å². The molecule has 0 amide bonds. The molecule has 0 radical (unpaired) electrons. The van der Waals surface area contributed by atoms with Gasteiger partial charge in [-0.05, 0) is 68.8 Å². The van der Waals surface area contributed by atoms with E-state index in [0.717, 1.165) is 32.1 Å². The lowest BCUT2D eigenvalue weighted by molar-refractivity contribution is 0.221. The van der Waals surface area contributed by atoms with Crippen LogP contribution in [0.2, 0.25) is 0 Å². The Kier molecular flexibility index (Phi) is 14.1. The van der Waals surface area contributed by atoms with Crippen molar-refractivity contribution in [2.45, 2.75) is 52.1 Å². The van der Waals surface area contributed by atoms with E-state index in [1.807, 2.05) is 11.8 Å². The lowest BCUT2D eigenvalue weighted by Crippen LogP contribution is -2.37. The molecule has 2 N–H and O–H groups in total. The maximum absolute atomic E-state index is 4.73. The Hall–Kier alpha value is -0.470. The van der Waals surface area contributed by atoms with Gasteiger partial charge in [0, 0.05) is 19.6 Å². The van der Waals surface area contributed by atoms with Gasteiger partial charge in [-0.1, -0.05) is 30.7 Å². The number of aliphatic imine (C=N–C) groups is 1. The molecule has 0 unspecified atom stereocenters. The summed E-state index contributed by atoms with van der Waals surface area (Å²) in [6, 6.07) is 8.99. The van der Waals surface area contributed by atoms with Crippen molar-refractivity contribution in [2.24, 2.45) is 4.99 Å². The Labute approximate surface area is 187 Å². The number of nitrogens with zero attached hydrogens (tertiary/aromatic N) is 2. The van der Waals surface area contributed by atoms with E-state index < -0.39 is 0 Å². The predicted octanol–water partition coefficient (Wildman–Crippen LogP) is 4.49. The molecule has 0 aliphatic carbocycles. The standard InChI is InChI=1S/C21H36N4S.HI/c1-3-22-21(23-13-5-8-16-26-2)24-17-19-9-11-20(12-10-19)18-25-14-6-4-7-15-25;/h9-12H,3-8,13-18H2,1-2H3,(H2,22,23,24);1H. The van der Waals surface area contributed by atoms with Crippen molar-refractivity contribution in [2.75, 3.05) is 38.2 Å². The van der Waals surface area contributed by atoms with Crippen LogP contribution in [0, 0.1) is 0 Å². The normalized spacial score (nSPS) is 15.3. The van der Waals surface area contributed by atoms with Crippen molar-refractivity contribution < 1.29 is 0 Å². The van der Waals surface area contributed by atoms with Gasteiger partial charge in [-0.25, -0.2) is 4.99 Å². The topological polar surface area (TPSA) is 39.7 Å². The molecule has 154 valence electrons. The van der Waals surface area contributed by atoms with Crippen LogP contribution in [0.5, 0.6) is 0 Å². The quantitative estimate of drug-likeness (QED) is 0.213. The Bertz CT molecular complexity index is 515. The molecule has 1 aliphatic heterocycles. The fourth-order valence-electron chi connectivity index (χ4n) is 3.22. The van der Waals surface area contributed by atoms with E-state index in [0.29, 0.717) is 0 Å². The Balaban J connectivity index is 0.00000364. The SMILES string of the molecule is CCNC(=NCc1ccc(CN2CCCCC2)cc1)NCCCCSC.I. The lowest BCUT2D eigenvalue weighted by atomic mass is 10.1. The van der Waals surface area contributed by atoms with E-state index >= 15 is 0 Å². The molecule has 0 bridgehead atoms. The van der Waals surface area contributed by atoms with Gasteiger partial charge in [-0.15, -0.1) is 24.0 Å². The first-order valence-corrected chi connectivity index (χ1v) is 11.5. The van der Waals surface area contributed by atoms with Gasteiger partial charge in [-0.3, -0.25) is 4.90 Å². The van der Waals surface area contributed by atoms with Crippen LogP contribution in [-0.4, -0.2) is 49.0 Å². The fraction of sp³-hybridized carbons (Fsp3) is 0.667. The summed E-state index contributed by atoms with van der Waals surface area (Å²) in [4.78, 5) is 7.30. The number of unbranched alkanes of at least 4 members (excludes halogenated alkanes) is 1. The average Bonchev–Trinajstić information content (AvgIpc) is 2.68. The van der Waals surface area contributed by atoms with E-state index in [-0.39, 0.29) is 24.0 Å². The minimum Gasteiger partial charge on any atom is -0.357 e. The third kappa shape index (κ3) is 10.6. The van der Waals surface area contributed by atoms with Gasteiger partial charge in [0.05, 0.1) is 6.54 Å². The number of benzene rings is 1. The molecular formula is C21H37IN4S. The minimum absolute atomic E-state index is 0. The van der Waals surface area contributed by atoms with Crippen LogP contribution in [0.1, 0.15) is 50.2 Å². The number of guanidine groups is 1. The molecule has 2 rings (SSSR count). The summed E-state index contributed by atoms with van der Waals surface area (Å²) in [7, 11) is 0. The molecule has 1 aromatic rings. The van der Waals surface area contributed by atoms with E-state index in [4.69, 9.17) is 4.99 Å². The number of hydrogen-bond donors (Lipinski definition) is 2. The van der Waals surface area contributed by atoms with Crippen molar-refractivity contribution >= 4 is 41.7 Å². The summed E-state index contributed by atoms with van der Waals surface area (Å²) in [5.74, 6) is 2.16. The molecule has 1 aliphatic rings. The second-order valence-electron chi connectivity index (χ2n) is 6.98. The van der Waals surface area contributed by atoms with Gasteiger partial charge in [0.25, 0.3) is 0 Å². The van der Waals surface area contributed by atoms with Crippen LogP contribution >= 0.6 is 35.7 Å². The predicted molar refractivity (Wildman–Crippen MR) is 131 cm³/mol.